The van der Waals surface area contributed by atoms with Gasteiger partial charge in [0.25, 0.3) is 0 Å². The molecule has 0 fully saturated rings. The molecule has 0 amide bonds. The van der Waals surface area contributed by atoms with Crippen LogP contribution in [-0.4, -0.2) is 5.71 Å². The molecule has 2 heterocycles. The van der Waals surface area contributed by atoms with Crippen LogP contribution in [0, 0.1) is 0 Å². The molecular formula is C48H34Br2N2S. The Morgan fingerprint density at radius 3 is 1.70 bits per heavy atom. The second-order valence-corrected chi connectivity index (χ2v) is 18.6. The van der Waals surface area contributed by atoms with E-state index < -0.39 is 0 Å². The van der Waals surface area contributed by atoms with Gasteiger partial charge in [-0.1, -0.05) is 157 Å². The second-order valence-electron chi connectivity index (χ2n) is 15.8. The Labute approximate surface area is 330 Å². The topological polar surface area (TPSA) is 24.4 Å². The number of hydrogen-bond acceptors (Lipinski definition) is 3. The van der Waals surface area contributed by atoms with Crippen LogP contribution in [0.2, 0.25) is 0 Å². The van der Waals surface area contributed by atoms with Gasteiger partial charge < -0.3 is 5.32 Å². The van der Waals surface area contributed by atoms with Gasteiger partial charge in [0, 0.05) is 36.5 Å². The first-order valence-corrected chi connectivity index (χ1v) is 20.6. The predicted octanol–water partition coefficient (Wildman–Crippen LogP) is 14.5. The summed E-state index contributed by atoms with van der Waals surface area (Å²) in [7, 11) is 0. The van der Waals surface area contributed by atoms with Crippen LogP contribution in [0.1, 0.15) is 67.1 Å². The van der Waals surface area contributed by atoms with Crippen LogP contribution < -0.4 is 5.32 Å². The highest BCUT2D eigenvalue weighted by Gasteiger charge is 2.42. The highest BCUT2D eigenvalue weighted by atomic mass is 79.9. The molecule has 256 valence electrons. The summed E-state index contributed by atoms with van der Waals surface area (Å²) < 4.78 is 2.13. The lowest BCUT2D eigenvalue weighted by molar-refractivity contribution is 0.660. The minimum atomic E-state index is -0.0967. The molecule has 7 aromatic rings. The van der Waals surface area contributed by atoms with Gasteiger partial charge in [0.05, 0.1) is 27.2 Å². The number of halogens is 2. The van der Waals surface area contributed by atoms with Gasteiger partial charge in [0.15, 0.2) is 0 Å². The summed E-state index contributed by atoms with van der Waals surface area (Å²) in [6.45, 7) is 9.46. The van der Waals surface area contributed by atoms with Crippen molar-refractivity contribution in [1.82, 2.24) is 0 Å². The molecule has 11 rings (SSSR count). The molecule has 0 radical (unpaired) electrons. The smallest absolute Gasteiger partial charge is 0.106 e. The maximum absolute atomic E-state index is 5.80. The summed E-state index contributed by atoms with van der Waals surface area (Å²) >= 11 is 9.45. The molecule has 0 spiro atoms. The zero-order valence-corrected chi connectivity index (χ0v) is 33.7. The number of aliphatic imine (C=N–C) groups is 1. The molecule has 0 bridgehead atoms. The molecule has 2 nitrogen and oxygen atoms in total. The quantitative estimate of drug-likeness (QED) is 0.184. The Morgan fingerprint density at radius 1 is 0.528 bits per heavy atom. The molecule has 1 aliphatic heterocycles. The minimum Gasteiger partial charge on any atom is -0.370 e. The molecule has 3 aliphatic carbocycles. The Morgan fingerprint density at radius 2 is 1.06 bits per heavy atom. The number of thiophene rings is 1. The van der Waals surface area contributed by atoms with Gasteiger partial charge >= 0.3 is 0 Å². The zero-order chi connectivity index (χ0) is 36.0. The van der Waals surface area contributed by atoms with Gasteiger partial charge in [-0.05, 0) is 85.5 Å². The first-order valence-electron chi connectivity index (χ1n) is 18.2. The highest BCUT2D eigenvalue weighted by Crippen LogP contribution is 2.62. The van der Waals surface area contributed by atoms with Crippen LogP contribution in [0.5, 0.6) is 0 Å². The predicted molar refractivity (Wildman–Crippen MR) is 230 cm³/mol. The van der Waals surface area contributed by atoms with Crippen LogP contribution in [0.15, 0.2) is 135 Å². The van der Waals surface area contributed by atoms with Crippen LogP contribution in [0.25, 0.3) is 54.3 Å². The third-order valence-electron chi connectivity index (χ3n) is 12.3. The average Bonchev–Trinajstić information content (AvgIpc) is 3.74. The van der Waals surface area contributed by atoms with Crippen molar-refractivity contribution in [3.63, 3.8) is 0 Å². The van der Waals surface area contributed by atoms with Crippen molar-refractivity contribution in [2.45, 2.75) is 44.6 Å². The van der Waals surface area contributed by atoms with E-state index >= 15 is 0 Å². The van der Waals surface area contributed by atoms with Crippen LogP contribution in [-0.2, 0) is 10.8 Å². The Hall–Kier alpha value is -4.55. The van der Waals surface area contributed by atoms with Crippen molar-refractivity contribution in [2.75, 3.05) is 5.32 Å². The lowest BCUT2D eigenvalue weighted by atomic mass is 9.80. The molecule has 1 N–H and O–H groups in total. The molecule has 0 saturated heterocycles. The SMILES string of the molecule is CC1(C)c2ccccc2-c2c(-c3sc(-c4cccc5c4-c4ccccc4C5(C)C)c4c3N=C3c5ccc(Br)cc5-c5cc(Br)ccc5C3N4)cccc21. The molecule has 1 unspecified atom stereocenters. The van der Waals surface area contributed by atoms with E-state index in [1.807, 2.05) is 11.3 Å². The lowest BCUT2D eigenvalue weighted by Gasteiger charge is -2.34. The molecule has 6 aromatic carbocycles. The lowest BCUT2D eigenvalue weighted by Crippen LogP contribution is -2.28. The fraction of sp³-hybridized carbons (Fsp3) is 0.146. The van der Waals surface area contributed by atoms with E-state index in [2.05, 4.69) is 186 Å². The summed E-state index contributed by atoms with van der Waals surface area (Å²) in [4.78, 5) is 8.25. The van der Waals surface area contributed by atoms with Gasteiger partial charge in [0.1, 0.15) is 5.69 Å². The minimum absolute atomic E-state index is 0.0932. The van der Waals surface area contributed by atoms with Gasteiger partial charge in [-0.15, -0.1) is 11.3 Å². The summed E-state index contributed by atoms with van der Waals surface area (Å²) in [5, 5.41) is 4.18. The molecular weight excluding hydrogens is 796 g/mol. The normalized spacial score (nSPS) is 17.2. The van der Waals surface area contributed by atoms with E-state index in [1.165, 1.54) is 87.6 Å². The third kappa shape index (κ3) is 4.27. The number of anilines is 1. The summed E-state index contributed by atoms with van der Waals surface area (Å²) in [5.74, 6) is 0. The summed E-state index contributed by atoms with van der Waals surface area (Å²) in [6.07, 6.45) is 0. The number of nitrogens with zero attached hydrogens (tertiary/aromatic N) is 1. The number of rotatable bonds is 2. The van der Waals surface area contributed by atoms with Crippen LogP contribution in [0.4, 0.5) is 11.4 Å². The first-order chi connectivity index (χ1) is 25.6. The van der Waals surface area contributed by atoms with Crippen molar-refractivity contribution >= 4 is 60.3 Å². The van der Waals surface area contributed by atoms with Crippen molar-refractivity contribution in [3.05, 3.63) is 164 Å². The van der Waals surface area contributed by atoms with E-state index in [0.717, 1.165) is 26.0 Å². The molecule has 1 atom stereocenters. The number of benzene rings is 6. The number of fused-ring (bicyclic) bond motifs is 13. The second kappa shape index (κ2) is 11.0. The first kappa shape index (κ1) is 31.9. The monoisotopic (exact) mass is 828 g/mol. The summed E-state index contributed by atoms with van der Waals surface area (Å²) in [6, 6.07) is 45.0. The molecule has 5 heteroatoms. The zero-order valence-electron chi connectivity index (χ0n) is 29.7. The molecule has 0 saturated carbocycles. The van der Waals surface area contributed by atoms with E-state index in [4.69, 9.17) is 4.99 Å². The van der Waals surface area contributed by atoms with Crippen molar-refractivity contribution in [3.8, 4) is 54.3 Å². The number of nitrogens with one attached hydrogen (secondary N) is 1. The molecule has 4 aliphatic rings. The largest absolute Gasteiger partial charge is 0.370 e. The van der Waals surface area contributed by atoms with Crippen LogP contribution >= 0.6 is 43.2 Å². The van der Waals surface area contributed by atoms with Gasteiger partial charge in [-0.2, -0.15) is 0 Å². The van der Waals surface area contributed by atoms with Gasteiger partial charge in [0.2, 0.25) is 0 Å². The van der Waals surface area contributed by atoms with Crippen LogP contribution in [0.3, 0.4) is 0 Å². The van der Waals surface area contributed by atoms with E-state index in [1.54, 1.807) is 0 Å². The van der Waals surface area contributed by atoms with E-state index in [-0.39, 0.29) is 16.9 Å². The van der Waals surface area contributed by atoms with Gasteiger partial charge in [-0.25, -0.2) is 4.99 Å². The average molecular weight is 831 g/mol. The highest BCUT2D eigenvalue weighted by molar-refractivity contribution is 9.10. The fourth-order valence-electron chi connectivity index (χ4n) is 9.74. The standard InChI is InChI=1S/C48H34Br2N2S/c1-47(2)35-15-7-5-11-29(35)39-31(13-9-17-37(39)47)45-43-44(46(53-45)32-14-10-18-38-40(32)30-12-6-8-16-36(30)48(38,3)4)52-42-28-22-20-26(50)24-34(28)33-23-25(49)19-21-27(33)41(42)51-43/h5-24,41,51H,1-4H3. The van der Waals surface area contributed by atoms with Crippen molar-refractivity contribution < 1.29 is 0 Å². The van der Waals surface area contributed by atoms with Gasteiger partial charge in [-0.3, -0.25) is 0 Å². The summed E-state index contributed by atoms with van der Waals surface area (Å²) in [5.41, 5.74) is 21.2. The fourth-order valence-corrected chi connectivity index (χ4v) is 11.7. The Bertz CT molecular complexity index is 2800. The Kier molecular flexibility index (Phi) is 6.63. The maximum atomic E-state index is 5.80. The van der Waals surface area contributed by atoms with Crippen molar-refractivity contribution in [1.29, 1.82) is 0 Å². The van der Waals surface area contributed by atoms with Crippen molar-refractivity contribution in [2.24, 2.45) is 4.99 Å². The molecule has 53 heavy (non-hydrogen) atoms. The molecule has 1 aromatic heterocycles. The Balaban J connectivity index is 1.23. The number of hydrogen-bond donors (Lipinski definition) is 1. The van der Waals surface area contributed by atoms with E-state index in [9.17, 15) is 0 Å². The third-order valence-corrected chi connectivity index (χ3v) is 14.5. The maximum Gasteiger partial charge on any atom is 0.106 e. The van der Waals surface area contributed by atoms with E-state index in [0.29, 0.717) is 0 Å².